The first-order chi connectivity index (χ1) is 18.8. The number of aromatic nitrogens is 1. The van der Waals surface area contributed by atoms with Gasteiger partial charge in [0.05, 0.1) is 6.54 Å². The molecular weight excluding hydrogens is 541 g/mol. The van der Waals surface area contributed by atoms with E-state index >= 15 is 0 Å². The van der Waals surface area contributed by atoms with Gasteiger partial charge in [-0.2, -0.15) is 8.78 Å². The van der Waals surface area contributed by atoms with Crippen LogP contribution in [0.25, 0.3) is 0 Å². The second-order valence-electron chi connectivity index (χ2n) is 9.26. The number of methoxy groups -OCH3 is 1. The molecule has 0 amide bonds. The smallest absolute Gasteiger partial charge is 0.357 e. The van der Waals surface area contributed by atoms with E-state index in [1.165, 1.54) is 12.7 Å². The molecule has 1 N–H and O–H groups in total. The number of ether oxygens (including phenoxy) is 2. The number of halogens is 5. The number of likely N-dealkylation sites (tertiary alicyclic amines) is 1. The van der Waals surface area contributed by atoms with Crippen LogP contribution in [0.4, 0.5) is 27.8 Å². The zero-order valence-corrected chi connectivity index (χ0v) is 22.1. The van der Waals surface area contributed by atoms with Gasteiger partial charge in [0.15, 0.2) is 10.7 Å². The molecule has 39 heavy (non-hydrogen) atoms. The van der Waals surface area contributed by atoms with E-state index in [0.29, 0.717) is 37.0 Å². The van der Waals surface area contributed by atoms with Gasteiger partial charge in [0.25, 0.3) is 0 Å². The predicted octanol–water partition coefficient (Wildman–Crippen LogP) is 5.96. The standard InChI is InChI=1S/C27H28F5N3O3S/c1-37-13-5-10-33-26-25(27(36)38-24-22(31)20(29)19(28)21(30)23(24)32)39-18(34-26)15-35-11-8-17(9-12-35)14-16-6-3-2-4-7-16/h2-4,6-7,17,33H,5,8-15H2,1H3. The molecule has 1 aliphatic rings. The number of esters is 1. The number of piperidine rings is 1. The van der Waals surface area contributed by atoms with Gasteiger partial charge in [-0.3, -0.25) is 4.90 Å². The van der Waals surface area contributed by atoms with Gasteiger partial charge in [0.1, 0.15) is 5.01 Å². The zero-order valence-electron chi connectivity index (χ0n) is 21.2. The number of thiazole rings is 1. The molecule has 6 nitrogen and oxygen atoms in total. The average Bonchev–Trinajstić information content (AvgIpc) is 3.35. The molecule has 1 fully saturated rings. The Balaban J connectivity index is 1.46. The molecule has 0 aliphatic carbocycles. The molecule has 1 aliphatic heterocycles. The van der Waals surface area contributed by atoms with E-state index in [4.69, 9.17) is 4.74 Å². The first-order valence-electron chi connectivity index (χ1n) is 12.5. The molecule has 1 saturated heterocycles. The molecule has 0 radical (unpaired) electrons. The van der Waals surface area contributed by atoms with E-state index in [0.717, 1.165) is 43.7 Å². The minimum absolute atomic E-state index is 0.110. The predicted molar refractivity (Wildman–Crippen MR) is 136 cm³/mol. The van der Waals surface area contributed by atoms with Gasteiger partial charge in [0.2, 0.25) is 34.8 Å². The summed E-state index contributed by atoms with van der Waals surface area (Å²) in [5.41, 5.74) is 1.30. The van der Waals surface area contributed by atoms with Crippen molar-refractivity contribution in [1.29, 1.82) is 0 Å². The number of rotatable bonds is 11. The average molecular weight is 570 g/mol. The minimum atomic E-state index is -2.34. The van der Waals surface area contributed by atoms with Crippen molar-refractivity contribution >= 4 is 23.1 Å². The lowest BCUT2D eigenvalue weighted by molar-refractivity contribution is 0.0721. The van der Waals surface area contributed by atoms with Crippen LogP contribution in [0.2, 0.25) is 0 Å². The largest absolute Gasteiger partial charge is 0.416 e. The topological polar surface area (TPSA) is 63.7 Å². The van der Waals surface area contributed by atoms with Gasteiger partial charge in [-0.15, -0.1) is 11.3 Å². The number of carbonyl (C=O) groups is 1. The normalized spacial score (nSPS) is 14.5. The van der Waals surface area contributed by atoms with E-state index in [-0.39, 0.29) is 10.7 Å². The maximum atomic E-state index is 14.1. The molecule has 3 aromatic rings. The number of hydrogen-bond acceptors (Lipinski definition) is 7. The second kappa shape index (κ2) is 13.3. The summed E-state index contributed by atoms with van der Waals surface area (Å²) in [7, 11) is 1.54. The Bertz CT molecular complexity index is 1250. The Hall–Kier alpha value is -3.09. The minimum Gasteiger partial charge on any atom is -0.416 e. The van der Waals surface area contributed by atoms with Crippen LogP contribution in [0.3, 0.4) is 0 Å². The highest BCUT2D eigenvalue weighted by atomic mass is 32.1. The molecule has 4 rings (SSSR count). The third-order valence-electron chi connectivity index (χ3n) is 6.47. The second-order valence-corrected chi connectivity index (χ2v) is 10.3. The molecule has 0 saturated carbocycles. The van der Waals surface area contributed by atoms with Gasteiger partial charge in [0, 0.05) is 20.3 Å². The van der Waals surface area contributed by atoms with Crippen molar-refractivity contribution in [3.8, 4) is 5.75 Å². The van der Waals surface area contributed by atoms with E-state index in [1.54, 1.807) is 0 Å². The maximum Gasteiger partial charge on any atom is 0.357 e. The lowest BCUT2D eigenvalue weighted by Crippen LogP contribution is -2.33. The molecule has 1 aromatic heterocycles. The van der Waals surface area contributed by atoms with Gasteiger partial charge >= 0.3 is 5.97 Å². The molecular formula is C27H28F5N3O3S. The van der Waals surface area contributed by atoms with E-state index in [2.05, 4.69) is 32.1 Å². The summed E-state index contributed by atoms with van der Waals surface area (Å²) in [5, 5.41) is 3.52. The van der Waals surface area contributed by atoms with Crippen LogP contribution in [0.1, 0.15) is 39.5 Å². The van der Waals surface area contributed by atoms with Crippen LogP contribution in [-0.4, -0.2) is 49.2 Å². The lowest BCUT2D eigenvalue weighted by Gasteiger charge is -2.31. The van der Waals surface area contributed by atoms with Crippen LogP contribution in [-0.2, 0) is 17.7 Å². The van der Waals surface area contributed by atoms with Crippen molar-refractivity contribution < 1.29 is 36.2 Å². The number of benzene rings is 2. The molecule has 0 spiro atoms. The van der Waals surface area contributed by atoms with Gasteiger partial charge in [-0.25, -0.2) is 22.9 Å². The highest BCUT2D eigenvalue weighted by Gasteiger charge is 2.31. The van der Waals surface area contributed by atoms with Crippen molar-refractivity contribution in [2.45, 2.75) is 32.2 Å². The first-order valence-corrected chi connectivity index (χ1v) is 13.3. The summed E-state index contributed by atoms with van der Waals surface area (Å²) in [6, 6.07) is 10.3. The molecule has 12 heteroatoms. The highest BCUT2D eigenvalue weighted by molar-refractivity contribution is 7.14. The van der Waals surface area contributed by atoms with E-state index < -0.39 is 40.8 Å². The molecule has 2 aromatic carbocycles. The van der Waals surface area contributed by atoms with Crippen molar-refractivity contribution in [2.75, 3.05) is 38.7 Å². The number of carbonyl (C=O) groups excluding carboxylic acids is 1. The van der Waals surface area contributed by atoms with Crippen molar-refractivity contribution in [2.24, 2.45) is 5.92 Å². The lowest BCUT2D eigenvalue weighted by atomic mass is 9.90. The number of nitrogens with one attached hydrogen (secondary N) is 1. The van der Waals surface area contributed by atoms with Crippen molar-refractivity contribution in [1.82, 2.24) is 9.88 Å². The number of anilines is 1. The molecule has 210 valence electrons. The fourth-order valence-electron chi connectivity index (χ4n) is 4.41. The van der Waals surface area contributed by atoms with E-state index in [9.17, 15) is 26.7 Å². The summed E-state index contributed by atoms with van der Waals surface area (Å²) >= 11 is 0.943. The number of hydrogen-bond donors (Lipinski definition) is 1. The summed E-state index contributed by atoms with van der Waals surface area (Å²) in [6.45, 7) is 2.90. The number of nitrogens with zero attached hydrogens (tertiary/aromatic N) is 2. The van der Waals surface area contributed by atoms with Gasteiger partial charge < -0.3 is 14.8 Å². The summed E-state index contributed by atoms with van der Waals surface area (Å²) in [6.07, 6.45) is 3.58. The van der Waals surface area contributed by atoms with Gasteiger partial charge in [-0.05, 0) is 50.3 Å². The molecule has 0 unspecified atom stereocenters. The fraction of sp³-hybridized carbons (Fsp3) is 0.407. The van der Waals surface area contributed by atoms with Crippen LogP contribution in [0, 0.1) is 35.0 Å². The van der Waals surface area contributed by atoms with Crippen LogP contribution in [0.15, 0.2) is 30.3 Å². The SMILES string of the molecule is COCCCNc1nc(CN2CCC(Cc3ccccc3)CC2)sc1C(=O)Oc1c(F)c(F)c(F)c(F)c1F. The van der Waals surface area contributed by atoms with E-state index in [1.807, 2.05) is 18.2 Å². The quantitative estimate of drug-likeness (QED) is 0.0768. The van der Waals surface area contributed by atoms with Crippen molar-refractivity contribution in [3.05, 3.63) is 74.9 Å². The third-order valence-corrected chi connectivity index (χ3v) is 7.49. The Labute approximate surface area is 226 Å². The van der Waals surface area contributed by atoms with Gasteiger partial charge in [-0.1, -0.05) is 30.3 Å². The molecule has 2 heterocycles. The molecule has 0 bridgehead atoms. The van der Waals surface area contributed by atoms with Crippen LogP contribution >= 0.6 is 11.3 Å². The summed E-state index contributed by atoms with van der Waals surface area (Å²) in [5.74, 6) is -13.4. The highest BCUT2D eigenvalue weighted by Crippen LogP contribution is 2.32. The third kappa shape index (κ3) is 7.11. The molecule has 0 atom stereocenters. The fourth-order valence-corrected chi connectivity index (χ4v) is 5.37. The Morgan fingerprint density at radius 2 is 1.67 bits per heavy atom. The Kier molecular flexibility index (Phi) is 9.87. The summed E-state index contributed by atoms with van der Waals surface area (Å²) in [4.78, 5) is 19.4. The Morgan fingerprint density at radius 3 is 2.31 bits per heavy atom. The first kappa shape index (κ1) is 28.9. The van der Waals surface area contributed by atoms with Crippen LogP contribution < -0.4 is 10.1 Å². The Morgan fingerprint density at radius 1 is 1.03 bits per heavy atom. The van der Waals surface area contributed by atoms with Crippen LogP contribution in [0.5, 0.6) is 5.75 Å². The summed E-state index contributed by atoms with van der Waals surface area (Å²) < 4.78 is 78.5. The zero-order chi connectivity index (χ0) is 27.9. The maximum absolute atomic E-state index is 14.1. The monoisotopic (exact) mass is 569 g/mol. The van der Waals surface area contributed by atoms with Crippen molar-refractivity contribution in [3.63, 3.8) is 0 Å².